The molecule has 0 saturated heterocycles. The summed E-state index contributed by atoms with van der Waals surface area (Å²) >= 11 is 0. The zero-order valence-electron chi connectivity index (χ0n) is 10.4. The van der Waals surface area contributed by atoms with Gasteiger partial charge in [0.25, 0.3) is 5.82 Å². The van der Waals surface area contributed by atoms with Crippen LogP contribution in [0.25, 0.3) is 5.82 Å². The number of aryl methyl sites for hydroxylation is 1. The second kappa shape index (κ2) is 4.48. The highest BCUT2D eigenvalue weighted by Gasteiger charge is 2.16. The van der Waals surface area contributed by atoms with Crippen molar-refractivity contribution in [2.24, 2.45) is 14.1 Å². The Labute approximate surface area is 105 Å². The standard InChI is InChI=1S/C9H10N6O4/c1-13-7(16)6(12-14(2)9(13)18)15-4-10-5(11-15)8(17)19-3/h4H,1-3H3. The maximum Gasteiger partial charge on any atom is 0.377 e. The molecule has 0 radical (unpaired) electrons. The van der Waals surface area contributed by atoms with Gasteiger partial charge in [-0.05, 0) is 0 Å². The van der Waals surface area contributed by atoms with Crippen molar-refractivity contribution in [2.75, 3.05) is 7.11 Å². The minimum absolute atomic E-state index is 0.146. The van der Waals surface area contributed by atoms with Gasteiger partial charge in [-0.15, -0.1) is 10.2 Å². The Morgan fingerprint density at radius 3 is 2.58 bits per heavy atom. The van der Waals surface area contributed by atoms with Crippen LogP contribution < -0.4 is 11.2 Å². The summed E-state index contributed by atoms with van der Waals surface area (Å²) in [6, 6.07) is 0. The third-order valence-corrected chi connectivity index (χ3v) is 2.38. The summed E-state index contributed by atoms with van der Waals surface area (Å²) in [4.78, 5) is 38.2. The van der Waals surface area contributed by atoms with Gasteiger partial charge in [0.15, 0.2) is 0 Å². The van der Waals surface area contributed by atoms with Crippen molar-refractivity contribution >= 4 is 5.97 Å². The van der Waals surface area contributed by atoms with E-state index >= 15 is 0 Å². The number of carbonyl (C=O) groups excluding carboxylic acids is 1. The summed E-state index contributed by atoms with van der Waals surface area (Å²) in [7, 11) is 3.89. The van der Waals surface area contributed by atoms with Gasteiger partial charge in [0.05, 0.1) is 7.11 Å². The van der Waals surface area contributed by atoms with Crippen LogP contribution in [0.3, 0.4) is 0 Å². The Bertz CT molecular complexity index is 755. The molecular formula is C9H10N6O4. The van der Waals surface area contributed by atoms with Crippen LogP contribution in [0, 0.1) is 0 Å². The summed E-state index contributed by atoms with van der Waals surface area (Å²) in [6.07, 6.45) is 1.14. The van der Waals surface area contributed by atoms with E-state index in [2.05, 4.69) is 19.9 Å². The molecule has 2 aromatic heterocycles. The lowest BCUT2D eigenvalue weighted by Crippen LogP contribution is -2.40. The van der Waals surface area contributed by atoms with Crippen LogP contribution in [0.5, 0.6) is 0 Å². The van der Waals surface area contributed by atoms with Crippen LogP contribution in [0.1, 0.15) is 10.6 Å². The van der Waals surface area contributed by atoms with Gasteiger partial charge < -0.3 is 4.74 Å². The van der Waals surface area contributed by atoms with E-state index in [-0.39, 0.29) is 11.6 Å². The van der Waals surface area contributed by atoms with Crippen LogP contribution in [-0.4, -0.2) is 42.2 Å². The average Bonchev–Trinajstić information content (AvgIpc) is 2.89. The molecule has 0 aromatic carbocycles. The van der Waals surface area contributed by atoms with Crippen molar-refractivity contribution in [2.45, 2.75) is 0 Å². The van der Waals surface area contributed by atoms with E-state index in [0.717, 1.165) is 20.3 Å². The molecule has 0 aliphatic carbocycles. The zero-order valence-corrected chi connectivity index (χ0v) is 10.4. The summed E-state index contributed by atoms with van der Waals surface area (Å²) in [5, 5.41) is 7.54. The monoisotopic (exact) mass is 266 g/mol. The zero-order chi connectivity index (χ0) is 14.2. The number of methoxy groups -OCH3 is 1. The topological polar surface area (TPSA) is 114 Å². The normalized spacial score (nSPS) is 10.5. The molecule has 10 nitrogen and oxygen atoms in total. The molecule has 2 aromatic rings. The number of aromatic nitrogens is 6. The number of ether oxygens (including phenoxy) is 1. The number of carbonyl (C=O) groups is 1. The van der Waals surface area contributed by atoms with E-state index in [9.17, 15) is 14.4 Å². The van der Waals surface area contributed by atoms with Crippen molar-refractivity contribution in [3.8, 4) is 5.82 Å². The minimum Gasteiger partial charge on any atom is -0.463 e. The number of nitrogens with zero attached hydrogens (tertiary/aromatic N) is 6. The summed E-state index contributed by atoms with van der Waals surface area (Å²) < 4.78 is 7.31. The van der Waals surface area contributed by atoms with Crippen molar-refractivity contribution < 1.29 is 9.53 Å². The molecule has 2 heterocycles. The molecule has 0 N–H and O–H groups in total. The first-order chi connectivity index (χ1) is 8.95. The summed E-state index contributed by atoms with van der Waals surface area (Å²) in [6.45, 7) is 0. The highest BCUT2D eigenvalue weighted by Crippen LogP contribution is 1.96. The number of hydrogen-bond donors (Lipinski definition) is 0. The van der Waals surface area contributed by atoms with E-state index in [4.69, 9.17) is 0 Å². The van der Waals surface area contributed by atoms with Gasteiger partial charge >= 0.3 is 17.2 Å². The van der Waals surface area contributed by atoms with Gasteiger partial charge in [-0.2, -0.15) is 4.68 Å². The van der Waals surface area contributed by atoms with Crippen molar-refractivity contribution in [3.05, 3.63) is 33.0 Å². The molecule has 19 heavy (non-hydrogen) atoms. The number of hydrogen-bond acceptors (Lipinski definition) is 7. The highest BCUT2D eigenvalue weighted by atomic mass is 16.5. The Morgan fingerprint density at radius 1 is 1.26 bits per heavy atom. The average molecular weight is 266 g/mol. The van der Waals surface area contributed by atoms with Crippen molar-refractivity contribution in [3.63, 3.8) is 0 Å². The Morgan fingerprint density at radius 2 is 1.95 bits per heavy atom. The van der Waals surface area contributed by atoms with Gasteiger partial charge in [0.2, 0.25) is 5.82 Å². The quantitative estimate of drug-likeness (QED) is 0.569. The maximum absolute atomic E-state index is 11.9. The number of rotatable bonds is 2. The van der Waals surface area contributed by atoms with Gasteiger partial charge in [-0.3, -0.25) is 9.36 Å². The Balaban J connectivity index is 2.60. The molecule has 0 unspecified atom stereocenters. The van der Waals surface area contributed by atoms with E-state index in [1.54, 1.807) is 0 Å². The largest absolute Gasteiger partial charge is 0.463 e. The third kappa shape index (κ3) is 2.03. The molecule has 0 atom stereocenters. The third-order valence-electron chi connectivity index (χ3n) is 2.38. The van der Waals surface area contributed by atoms with E-state index in [1.807, 2.05) is 0 Å². The lowest BCUT2D eigenvalue weighted by Gasteiger charge is -2.04. The van der Waals surface area contributed by atoms with Crippen molar-refractivity contribution in [1.29, 1.82) is 0 Å². The number of esters is 1. The lowest BCUT2D eigenvalue weighted by atomic mass is 10.6. The fourth-order valence-electron chi connectivity index (χ4n) is 1.38. The molecular weight excluding hydrogens is 256 g/mol. The Kier molecular flexibility index (Phi) is 2.99. The fraction of sp³-hybridized carbons (Fsp3) is 0.333. The first-order valence-electron chi connectivity index (χ1n) is 5.10. The smallest absolute Gasteiger partial charge is 0.377 e. The van der Waals surface area contributed by atoms with Crippen LogP contribution in [-0.2, 0) is 18.8 Å². The van der Waals surface area contributed by atoms with Crippen LogP contribution in [0.15, 0.2) is 15.9 Å². The van der Waals surface area contributed by atoms with E-state index in [0.29, 0.717) is 0 Å². The predicted octanol–water partition coefficient (Wildman–Crippen LogP) is -2.15. The SMILES string of the molecule is COC(=O)c1ncn(-c2nn(C)c(=O)n(C)c2=O)n1. The molecule has 10 heteroatoms. The molecule has 0 amide bonds. The molecule has 0 fully saturated rings. The van der Waals surface area contributed by atoms with Gasteiger partial charge in [-0.1, -0.05) is 0 Å². The predicted molar refractivity (Wildman–Crippen MR) is 61.0 cm³/mol. The first kappa shape index (κ1) is 12.7. The molecule has 0 saturated carbocycles. The molecule has 0 spiro atoms. The second-order valence-corrected chi connectivity index (χ2v) is 3.60. The second-order valence-electron chi connectivity index (χ2n) is 3.60. The molecule has 0 aliphatic rings. The molecule has 100 valence electrons. The van der Waals surface area contributed by atoms with Gasteiger partial charge in [0.1, 0.15) is 6.33 Å². The van der Waals surface area contributed by atoms with Gasteiger partial charge in [-0.25, -0.2) is 19.3 Å². The lowest BCUT2D eigenvalue weighted by molar-refractivity contribution is 0.0587. The Hall–Kier alpha value is -2.78. The van der Waals surface area contributed by atoms with E-state index in [1.165, 1.54) is 21.2 Å². The minimum atomic E-state index is -0.736. The van der Waals surface area contributed by atoms with Crippen molar-refractivity contribution in [1.82, 2.24) is 29.1 Å². The molecule has 0 aliphatic heterocycles. The fourth-order valence-corrected chi connectivity index (χ4v) is 1.38. The highest BCUT2D eigenvalue weighted by molar-refractivity contribution is 5.84. The van der Waals surface area contributed by atoms with Crippen LogP contribution >= 0.6 is 0 Å². The first-order valence-corrected chi connectivity index (χ1v) is 5.10. The van der Waals surface area contributed by atoms with Crippen LogP contribution in [0.2, 0.25) is 0 Å². The molecule has 0 bridgehead atoms. The maximum atomic E-state index is 11.9. The summed E-state index contributed by atoms with van der Waals surface area (Å²) in [5.74, 6) is -1.09. The van der Waals surface area contributed by atoms with E-state index < -0.39 is 17.2 Å². The summed E-state index contributed by atoms with van der Waals surface area (Å²) in [5.41, 5.74) is -1.22. The van der Waals surface area contributed by atoms with Gasteiger partial charge in [0, 0.05) is 14.1 Å². The molecule has 2 rings (SSSR count). The van der Waals surface area contributed by atoms with Crippen LogP contribution in [0.4, 0.5) is 0 Å².